The number of fused-ring (bicyclic) bond motifs is 1. The monoisotopic (exact) mass is 278 g/mol. The summed E-state index contributed by atoms with van der Waals surface area (Å²) < 4.78 is 0. The molecule has 0 saturated carbocycles. The molecule has 2 unspecified atom stereocenters. The Bertz CT molecular complexity index is 523. The molecule has 3 amide bonds. The molecular formula is C11H14N6O3. The second kappa shape index (κ2) is 4.43. The molecule has 0 aromatic heterocycles. The van der Waals surface area contributed by atoms with Crippen LogP contribution in [-0.4, -0.2) is 64.2 Å². The predicted molar refractivity (Wildman–Crippen MR) is 66.0 cm³/mol. The molecule has 9 heteroatoms. The van der Waals surface area contributed by atoms with Gasteiger partial charge in [-0.25, -0.2) is 14.7 Å². The van der Waals surface area contributed by atoms with Crippen molar-refractivity contribution in [3.05, 3.63) is 0 Å². The van der Waals surface area contributed by atoms with Gasteiger partial charge in [0.1, 0.15) is 0 Å². The first-order valence-corrected chi connectivity index (χ1v) is 6.38. The minimum atomic E-state index is -2.12. The zero-order chi connectivity index (χ0) is 14.3. The number of carbonyl (C=O) groups excluding carboxylic acids is 2. The number of nitriles is 1. The molecule has 0 aromatic rings. The van der Waals surface area contributed by atoms with Crippen LogP contribution in [0, 0.1) is 11.5 Å². The lowest BCUT2D eigenvalue weighted by molar-refractivity contribution is -0.151. The SMILES string of the molecule is N#CN1C(=O)NC(=O)C2(O)N=CN(C3CCNCC3)C12. The second-order valence-corrected chi connectivity index (χ2v) is 5.00. The minimum Gasteiger partial charge on any atom is -0.359 e. The van der Waals surface area contributed by atoms with Crippen molar-refractivity contribution in [2.24, 2.45) is 4.99 Å². The summed E-state index contributed by atoms with van der Waals surface area (Å²) in [5.41, 5.74) is -2.12. The summed E-state index contributed by atoms with van der Waals surface area (Å²) >= 11 is 0. The van der Waals surface area contributed by atoms with Gasteiger partial charge in [-0.1, -0.05) is 0 Å². The Hall–Kier alpha value is -2.18. The Morgan fingerprint density at radius 2 is 2.15 bits per heavy atom. The highest BCUT2D eigenvalue weighted by molar-refractivity contribution is 6.04. The Kier molecular flexibility index (Phi) is 2.84. The van der Waals surface area contributed by atoms with E-state index in [1.807, 2.05) is 5.32 Å². The molecule has 3 aliphatic rings. The number of aliphatic hydroxyl groups is 1. The van der Waals surface area contributed by atoms with Crippen LogP contribution in [0.25, 0.3) is 0 Å². The van der Waals surface area contributed by atoms with Crippen LogP contribution in [0.1, 0.15) is 12.8 Å². The van der Waals surface area contributed by atoms with Gasteiger partial charge >= 0.3 is 6.03 Å². The molecule has 9 nitrogen and oxygen atoms in total. The molecule has 0 aromatic carbocycles. The first-order valence-electron chi connectivity index (χ1n) is 6.38. The van der Waals surface area contributed by atoms with E-state index in [2.05, 4.69) is 10.3 Å². The van der Waals surface area contributed by atoms with Crippen molar-refractivity contribution in [2.45, 2.75) is 30.8 Å². The summed E-state index contributed by atoms with van der Waals surface area (Å²) in [6, 6.07) is -0.815. The zero-order valence-corrected chi connectivity index (χ0v) is 10.6. The fourth-order valence-corrected chi connectivity index (χ4v) is 2.84. The first kappa shape index (κ1) is 12.8. The summed E-state index contributed by atoms with van der Waals surface area (Å²) in [6.07, 6.45) is 3.55. The van der Waals surface area contributed by atoms with E-state index in [0.717, 1.165) is 30.8 Å². The maximum Gasteiger partial charge on any atom is 0.339 e. The molecule has 3 rings (SSSR count). The maximum absolute atomic E-state index is 11.8. The van der Waals surface area contributed by atoms with Crippen LogP contribution in [0.3, 0.4) is 0 Å². The quantitative estimate of drug-likeness (QED) is 0.483. The van der Waals surface area contributed by atoms with E-state index in [1.54, 1.807) is 11.1 Å². The Morgan fingerprint density at radius 1 is 1.45 bits per heavy atom. The van der Waals surface area contributed by atoms with Crippen molar-refractivity contribution in [3.8, 4) is 6.19 Å². The molecule has 20 heavy (non-hydrogen) atoms. The van der Waals surface area contributed by atoms with Gasteiger partial charge < -0.3 is 15.3 Å². The van der Waals surface area contributed by atoms with Crippen LogP contribution in [0.2, 0.25) is 0 Å². The number of hydrogen-bond acceptors (Lipinski definition) is 7. The molecule has 3 N–H and O–H groups in total. The minimum absolute atomic E-state index is 0.0218. The number of imide groups is 1. The van der Waals surface area contributed by atoms with Gasteiger partial charge in [0.25, 0.3) is 11.6 Å². The molecule has 0 bridgehead atoms. The van der Waals surface area contributed by atoms with Crippen molar-refractivity contribution in [3.63, 3.8) is 0 Å². The smallest absolute Gasteiger partial charge is 0.339 e. The van der Waals surface area contributed by atoms with E-state index in [0.29, 0.717) is 0 Å². The van der Waals surface area contributed by atoms with Gasteiger partial charge in [-0.2, -0.15) is 5.26 Å². The lowest BCUT2D eigenvalue weighted by Gasteiger charge is -2.43. The summed E-state index contributed by atoms with van der Waals surface area (Å²) in [5, 5.41) is 24.7. The average Bonchev–Trinajstić information content (AvgIpc) is 2.80. The number of nitrogens with zero attached hydrogens (tertiary/aromatic N) is 4. The van der Waals surface area contributed by atoms with Crippen LogP contribution in [0.4, 0.5) is 4.79 Å². The first-order chi connectivity index (χ1) is 9.58. The third-order valence-electron chi connectivity index (χ3n) is 3.89. The van der Waals surface area contributed by atoms with Gasteiger partial charge in [0.15, 0.2) is 12.4 Å². The van der Waals surface area contributed by atoms with Gasteiger partial charge in [0.05, 0.1) is 6.34 Å². The molecule has 106 valence electrons. The fraction of sp³-hybridized carbons (Fsp3) is 0.636. The number of nitrogens with one attached hydrogen (secondary N) is 2. The normalized spacial score (nSPS) is 33.9. The highest BCUT2D eigenvalue weighted by Gasteiger charge is 2.60. The van der Waals surface area contributed by atoms with Crippen LogP contribution in [-0.2, 0) is 4.79 Å². The van der Waals surface area contributed by atoms with E-state index >= 15 is 0 Å². The molecule has 0 aliphatic carbocycles. The van der Waals surface area contributed by atoms with E-state index in [4.69, 9.17) is 5.26 Å². The molecule has 2 saturated heterocycles. The zero-order valence-electron chi connectivity index (χ0n) is 10.6. The van der Waals surface area contributed by atoms with E-state index in [9.17, 15) is 14.7 Å². The summed E-state index contributed by atoms with van der Waals surface area (Å²) in [7, 11) is 0. The molecule has 2 fully saturated rings. The Morgan fingerprint density at radius 3 is 2.80 bits per heavy atom. The molecule has 3 aliphatic heterocycles. The number of piperidine rings is 1. The number of hydrogen-bond donors (Lipinski definition) is 3. The predicted octanol–water partition coefficient (Wildman–Crippen LogP) is -1.87. The van der Waals surface area contributed by atoms with E-state index in [-0.39, 0.29) is 6.04 Å². The highest BCUT2D eigenvalue weighted by atomic mass is 16.3. The topological polar surface area (TPSA) is 121 Å². The summed E-state index contributed by atoms with van der Waals surface area (Å²) in [6.45, 7) is 1.60. The number of urea groups is 1. The van der Waals surface area contributed by atoms with Gasteiger partial charge in [-0.3, -0.25) is 10.1 Å². The van der Waals surface area contributed by atoms with E-state index in [1.165, 1.54) is 6.34 Å². The summed E-state index contributed by atoms with van der Waals surface area (Å²) in [4.78, 5) is 29.8. The van der Waals surface area contributed by atoms with Crippen LogP contribution >= 0.6 is 0 Å². The van der Waals surface area contributed by atoms with Gasteiger partial charge in [-0.15, -0.1) is 0 Å². The number of carbonyl (C=O) groups is 2. The van der Waals surface area contributed by atoms with Gasteiger partial charge in [-0.05, 0) is 25.9 Å². The van der Waals surface area contributed by atoms with Crippen molar-refractivity contribution in [1.82, 2.24) is 20.4 Å². The molecular weight excluding hydrogens is 264 g/mol. The molecule has 3 heterocycles. The highest BCUT2D eigenvalue weighted by Crippen LogP contribution is 2.32. The molecule has 0 spiro atoms. The van der Waals surface area contributed by atoms with Crippen molar-refractivity contribution < 1.29 is 14.7 Å². The van der Waals surface area contributed by atoms with Crippen LogP contribution in [0.5, 0.6) is 0 Å². The number of aliphatic imine (C=N–C) groups is 1. The third-order valence-corrected chi connectivity index (χ3v) is 3.89. The largest absolute Gasteiger partial charge is 0.359 e. The van der Waals surface area contributed by atoms with Gasteiger partial charge in [0, 0.05) is 6.04 Å². The molecule has 2 atom stereocenters. The van der Waals surface area contributed by atoms with E-state index < -0.39 is 23.8 Å². The van der Waals surface area contributed by atoms with Crippen molar-refractivity contribution in [1.29, 1.82) is 5.26 Å². The fourth-order valence-electron chi connectivity index (χ4n) is 2.84. The Balaban J connectivity index is 1.94. The Labute approximate surface area is 114 Å². The third kappa shape index (κ3) is 1.65. The van der Waals surface area contributed by atoms with Crippen LogP contribution < -0.4 is 10.6 Å². The number of amides is 3. The average molecular weight is 278 g/mol. The summed E-state index contributed by atoms with van der Waals surface area (Å²) in [5.74, 6) is -0.897. The second-order valence-electron chi connectivity index (χ2n) is 5.00. The van der Waals surface area contributed by atoms with Crippen molar-refractivity contribution >= 4 is 18.3 Å². The molecule has 0 radical (unpaired) electrons. The lowest BCUT2D eigenvalue weighted by atomic mass is 10.0. The standard InChI is InChI=1S/C11H14N6O3/c12-5-16-9-11(20,8(18)15-10(16)19)14-6-17(9)7-1-3-13-4-2-7/h6-7,9,13,20H,1-4H2,(H,15,18,19). The van der Waals surface area contributed by atoms with Gasteiger partial charge in [0.2, 0.25) is 0 Å². The van der Waals surface area contributed by atoms with Crippen molar-refractivity contribution in [2.75, 3.05) is 13.1 Å². The van der Waals surface area contributed by atoms with Crippen LogP contribution in [0.15, 0.2) is 4.99 Å². The lowest BCUT2D eigenvalue weighted by Crippen LogP contribution is -2.71. The number of rotatable bonds is 1. The maximum atomic E-state index is 11.8.